The monoisotopic (exact) mass is 443 g/mol. The summed E-state index contributed by atoms with van der Waals surface area (Å²) in [7, 11) is 0. The molecule has 2 aliphatic rings. The van der Waals surface area contributed by atoms with Gasteiger partial charge in [0, 0.05) is 35.7 Å². The van der Waals surface area contributed by atoms with Crippen molar-refractivity contribution in [2.75, 3.05) is 0 Å². The predicted octanol–water partition coefficient (Wildman–Crippen LogP) is 4.94. The fraction of sp³-hybridized carbons (Fsp3) is 0.348. The number of benzene rings is 1. The maximum atomic E-state index is 13.3. The second kappa shape index (κ2) is 6.60. The van der Waals surface area contributed by atoms with E-state index in [1.807, 2.05) is 13.0 Å². The van der Waals surface area contributed by atoms with Crippen LogP contribution in [-0.2, 0) is 0 Å². The van der Waals surface area contributed by atoms with Crippen LogP contribution >= 0.6 is 11.6 Å². The Morgan fingerprint density at radius 1 is 1.26 bits per heavy atom. The predicted molar refractivity (Wildman–Crippen MR) is 115 cm³/mol. The third-order valence-corrected chi connectivity index (χ3v) is 7.00. The van der Waals surface area contributed by atoms with Gasteiger partial charge in [-0.1, -0.05) is 17.7 Å². The molecule has 0 radical (unpaired) electrons. The molecule has 5 rings (SSSR count). The second-order valence-electron chi connectivity index (χ2n) is 9.00. The summed E-state index contributed by atoms with van der Waals surface area (Å²) in [6.45, 7) is 1.92. The summed E-state index contributed by atoms with van der Waals surface area (Å²) in [6.07, 6.45) is 2.84. The van der Waals surface area contributed by atoms with Gasteiger partial charge in [0.15, 0.2) is 5.43 Å². The number of H-pyrrole nitrogens is 1. The lowest BCUT2D eigenvalue weighted by Gasteiger charge is -2.57. The molecule has 0 aliphatic heterocycles. The first kappa shape index (κ1) is 20.1. The van der Waals surface area contributed by atoms with Crippen molar-refractivity contribution in [1.82, 2.24) is 9.97 Å². The van der Waals surface area contributed by atoms with Crippen LogP contribution in [0.1, 0.15) is 53.2 Å². The normalized spacial score (nSPS) is 19.2. The van der Waals surface area contributed by atoms with Crippen molar-refractivity contribution in [3.05, 3.63) is 62.5 Å². The molecule has 2 heterocycles. The van der Waals surface area contributed by atoms with Crippen molar-refractivity contribution in [2.24, 2.45) is 11.1 Å². The van der Waals surface area contributed by atoms with Crippen molar-refractivity contribution in [2.45, 2.75) is 44.4 Å². The molecule has 0 saturated heterocycles. The molecule has 1 amide bonds. The molecule has 8 heteroatoms. The van der Waals surface area contributed by atoms with Gasteiger partial charge in [-0.2, -0.15) is 0 Å². The first-order chi connectivity index (χ1) is 14.6. The second-order valence-corrected chi connectivity index (χ2v) is 9.40. The Labute approximate surface area is 181 Å². The quantitative estimate of drug-likeness (QED) is 0.600. The lowest BCUT2D eigenvalue weighted by atomic mass is 9.49. The molecule has 5 nitrogen and oxygen atoms in total. The number of amides is 1. The molecule has 1 aromatic carbocycles. The fourth-order valence-electron chi connectivity index (χ4n) is 5.38. The summed E-state index contributed by atoms with van der Waals surface area (Å²) in [6, 6.07) is 6.81. The van der Waals surface area contributed by atoms with E-state index >= 15 is 0 Å². The summed E-state index contributed by atoms with van der Waals surface area (Å²) >= 11 is 6.58. The summed E-state index contributed by atoms with van der Waals surface area (Å²) in [5.41, 5.74) is 8.34. The molecule has 3 N–H and O–H groups in total. The number of primary amides is 1. The van der Waals surface area contributed by atoms with Crippen molar-refractivity contribution < 1.29 is 13.6 Å². The molecule has 1 spiro atoms. The molecule has 2 aliphatic carbocycles. The number of aromatic nitrogens is 2. The molecular weight excluding hydrogens is 424 g/mol. The molecular formula is C23H20ClF2N3O2. The molecule has 2 saturated carbocycles. The Bertz CT molecular complexity index is 1300. The average Bonchev–Trinajstić information content (AvgIpc) is 2.64. The number of rotatable bonds is 3. The third-order valence-electron chi connectivity index (χ3n) is 6.68. The molecule has 0 unspecified atom stereocenters. The van der Waals surface area contributed by atoms with Crippen LogP contribution in [0, 0.1) is 12.3 Å². The Morgan fingerprint density at radius 3 is 2.61 bits per heavy atom. The number of nitrogens with two attached hydrogens (primary N) is 1. The summed E-state index contributed by atoms with van der Waals surface area (Å²) < 4.78 is 26.6. The van der Waals surface area contributed by atoms with Gasteiger partial charge in [0.1, 0.15) is 5.69 Å². The van der Waals surface area contributed by atoms with Crippen LogP contribution in [0.5, 0.6) is 0 Å². The number of fused-ring (bicyclic) bond motifs is 1. The van der Waals surface area contributed by atoms with Gasteiger partial charge in [-0.05, 0) is 54.4 Å². The van der Waals surface area contributed by atoms with Crippen LogP contribution in [0.25, 0.3) is 22.2 Å². The van der Waals surface area contributed by atoms with Gasteiger partial charge < -0.3 is 10.7 Å². The largest absolute Gasteiger partial charge is 0.364 e. The molecule has 0 bridgehead atoms. The number of halogens is 3. The van der Waals surface area contributed by atoms with E-state index in [0.717, 1.165) is 29.5 Å². The molecule has 2 aromatic heterocycles. The Morgan fingerprint density at radius 2 is 1.97 bits per heavy atom. The standard InChI is InChI=1S/C23H20ClF2N3O2/c1-11-4-14(12-7-22(8-12)9-23(25,26)10-22)15(24)5-13(11)17-6-18(30)19-16(29-17)2-3-28-20(19)21(27)31/h2-6,12H,7-10H2,1H3,(H2,27,31)(H,29,30). The van der Waals surface area contributed by atoms with E-state index in [-0.39, 0.29) is 40.7 Å². The van der Waals surface area contributed by atoms with Crippen LogP contribution in [-0.4, -0.2) is 21.8 Å². The van der Waals surface area contributed by atoms with Crippen LogP contribution in [0.3, 0.4) is 0 Å². The van der Waals surface area contributed by atoms with E-state index < -0.39 is 11.8 Å². The zero-order valence-corrected chi connectivity index (χ0v) is 17.5. The minimum absolute atomic E-state index is 0.0222. The van der Waals surface area contributed by atoms with Gasteiger partial charge >= 0.3 is 0 Å². The summed E-state index contributed by atoms with van der Waals surface area (Å²) in [4.78, 5) is 31.4. The van der Waals surface area contributed by atoms with Crippen molar-refractivity contribution in [3.63, 3.8) is 0 Å². The summed E-state index contributed by atoms with van der Waals surface area (Å²) in [5.74, 6) is -3.11. The number of aryl methyl sites for hydroxylation is 1. The Hall–Kier alpha value is -2.80. The maximum absolute atomic E-state index is 13.3. The highest BCUT2D eigenvalue weighted by Gasteiger charge is 2.61. The van der Waals surface area contributed by atoms with Gasteiger partial charge in [0.05, 0.1) is 16.6 Å². The number of hydrogen-bond donors (Lipinski definition) is 2. The lowest BCUT2D eigenvalue weighted by molar-refractivity contribution is -0.196. The molecule has 0 atom stereocenters. The van der Waals surface area contributed by atoms with Crippen LogP contribution in [0.2, 0.25) is 5.02 Å². The number of nitrogens with zero attached hydrogens (tertiary/aromatic N) is 1. The van der Waals surface area contributed by atoms with Gasteiger partial charge in [0.25, 0.3) is 5.91 Å². The van der Waals surface area contributed by atoms with Crippen molar-refractivity contribution >= 4 is 28.4 Å². The minimum Gasteiger partial charge on any atom is -0.364 e. The highest BCUT2D eigenvalue weighted by molar-refractivity contribution is 6.31. The van der Waals surface area contributed by atoms with E-state index in [2.05, 4.69) is 9.97 Å². The van der Waals surface area contributed by atoms with Crippen molar-refractivity contribution in [1.29, 1.82) is 0 Å². The number of carbonyl (C=O) groups is 1. The average molecular weight is 444 g/mol. The SMILES string of the molecule is Cc1cc(C2CC3(C2)CC(F)(F)C3)c(Cl)cc1-c1cc(=O)c2c(C(N)=O)nccc2[nH]1. The van der Waals surface area contributed by atoms with E-state index in [9.17, 15) is 18.4 Å². The van der Waals surface area contributed by atoms with Gasteiger partial charge in [-0.15, -0.1) is 0 Å². The van der Waals surface area contributed by atoms with Crippen LogP contribution in [0.4, 0.5) is 8.78 Å². The molecule has 3 aromatic rings. The maximum Gasteiger partial charge on any atom is 0.268 e. The van der Waals surface area contributed by atoms with Crippen molar-refractivity contribution in [3.8, 4) is 11.3 Å². The molecule has 2 fully saturated rings. The molecule has 31 heavy (non-hydrogen) atoms. The number of nitrogens with one attached hydrogen (secondary N) is 1. The number of alkyl halides is 2. The molecule has 160 valence electrons. The smallest absolute Gasteiger partial charge is 0.268 e. The van der Waals surface area contributed by atoms with E-state index in [0.29, 0.717) is 16.2 Å². The number of aromatic amines is 1. The Kier molecular flexibility index (Phi) is 4.28. The first-order valence-corrected chi connectivity index (χ1v) is 10.5. The first-order valence-electron chi connectivity index (χ1n) is 10.1. The van der Waals surface area contributed by atoms with Gasteiger partial charge in [0.2, 0.25) is 5.92 Å². The van der Waals surface area contributed by atoms with E-state index in [1.54, 1.807) is 12.1 Å². The van der Waals surface area contributed by atoms with E-state index in [1.165, 1.54) is 12.3 Å². The topological polar surface area (TPSA) is 88.8 Å². The van der Waals surface area contributed by atoms with E-state index in [4.69, 9.17) is 17.3 Å². The fourth-order valence-corrected chi connectivity index (χ4v) is 5.70. The third kappa shape index (κ3) is 3.22. The zero-order valence-electron chi connectivity index (χ0n) is 16.8. The Balaban J connectivity index is 1.49. The number of carbonyl (C=O) groups excluding carboxylic acids is 1. The highest BCUT2D eigenvalue weighted by Crippen LogP contribution is 2.67. The minimum atomic E-state index is -2.51. The zero-order chi connectivity index (χ0) is 22.1. The number of hydrogen-bond acceptors (Lipinski definition) is 3. The number of pyridine rings is 2. The summed E-state index contributed by atoms with van der Waals surface area (Å²) in [5, 5.41) is 0.705. The van der Waals surface area contributed by atoms with Crippen LogP contribution in [0.15, 0.2) is 35.3 Å². The van der Waals surface area contributed by atoms with Gasteiger partial charge in [-0.25, -0.2) is 8.78 Å². The highest BCUT2D eigenvalue weighted by atomic mass is 35.5. The van der Waals surface area contributed by atoms with Gasteiger partial charge in [-0.3, -0.25) is 14.6 Å². The lowest BCUT2D eigenvalue weighted by Crippen LogP contribution is -2.52. The van der Waals surface area contributed by atoms with Crippen LogP contribution < -0.4 is 11.2 Å².